The topological polar surface area (TPSA) is 76.1 Å². The minimum Gasteiger partial charge on any atom is -0.486 e. The van der Waals surface area contributed by atoms with Gasteiger partial charge in [-0.1, -0.05) is 0 Å². The van der Waals surface area contributed by atoms with Crippen molar-refractivity contribution in [2.24, 2.45) is 0 Å². The third-order valence-corrected chi connectivity index (χ3v) is 2.59. The van der Waals surface area contributed by atoms with Crippen LogP contribution in [0.2, 0.25) is 0 Å². The molecule has 2 rings (SSSR count). The number of aliphatic carboxylic acids is 1. The van der Waals surface area contributed by atoms with Crippen molar-refractivity contribution < 1.29 is 24.2 Å². The van der Waals surface area contributed by atoms with Crippen LogP contribution < -0.4 is 14.4 Å². The largest absolute Gasteiger partial charge is 0.486 e. The summed E-state index contributed by atoms with van der Waals surface area (Å²) in [6.07, 6.45) is -0.537. The number of fused-ring (bicyclic) bond motifs is 1. The summed E-state index contributed by atoms with van der Waals surface area (Å²) in [4.78, 5) is 23.4. The number of amides is 1. The summed E-state index contributed by atoms with van der Waals surface area (Å²) in [5.41, 5.74) is 0.575. The highest BCUT2D eigenvalue weighted by Crippen LogP contribution is 2.33. The lowest BCUT2D eigenvalue weighted by molar-refractivity contribution is -0.140. The molecule has 0 saturated carbocycles. The van der Waals surface area contributed by atoms with Crippen LogP contribution in [0.4, 0.5) is 5.69 Å². The number of rotatable bonds is 3. The quantitative estimate of drug-likeness (QED) is 0.807. The van der Waals surface area contributed by atoms with Crippen molar-refractivity contribution >= 4 is 17.6 Å². The summed E-state index contributed by atoms with van der Waals surface area (Å²) in [5.74, 6) is -0.443. The van der Waals surface area contributed by atoms with Crippen molar-refractivity contribution in [1.82, 2.24) is 0 Å². The van der Waals surface area contributed by atoms with E-state index in [1.54, 1.807) is 18.2 Å². The molecular formula is C12H13NO5. The van der Waals surface area contributed by atoms with Crippen LogP contribution in [0, 0.1) is 0 Å². The van der Waals surface area contributed by atoms with Crippen LogP contribution >= 0.6 is 0 Å². The van der Waals surface area contributed by atoms with Gasteiger partial charge >= 0.3 is 5.97 Å². The lowest BCUT2D eigenvalue weighted by Gasteiger charge is -2.22. The Morgan fingerprint density at radius 2 is 1.94 bits per heavy atom. The Bertz CT molecular complexity index is 485. The molecule has 1 heterocycles. The Hall–Kier alpha value is -2.24. The second-order valence-corrected chi connectivity index (χ2v) is 3.85. The summed E-state index contributed by atoms with van der Waals surface area (Å²) in [7, 11) is 1.52. The minimum atomic E-state index is -1.15. The van der Waals surface area contributed by atoms with Crippen molar-refractivity contribution in [3.63, 3.8) is 0 Å². The zero-order valence-corrected chi connectivity index (χ0v) is 9.88. The third-order valence-electron chi connectivity index (χ3n) is 2.59. The van der Waals surface area contributed by atoms with Crippen LogP contribution in [-0.2, 0) is 9.59 Å². The molecule has 0 fully saturated rings. The van der Waals surface area contributed by atoms with E-state index in [1.807, 2.05) is 0 Å². The Kier molecular flexibility index (Phi) is 3.36. The molecule has 96 valence electrons. The number of nitrogens with zero attached hydrogens (tertiary/aromatic N) is 1. The van der Waals surface area contributed by atoms with E-state index >= 15 is 0 Å². The smallest absolute Gasteiger partial charge is 0.312 e. The Balaban J connectivity index is 2.18. The summed E-state index contributed by atoms with van der Waals surface area (Å²) in [5, 5.41) is 8.58. The number of carbonyl (C=O) groups excluding carboxylic acids is 1. The highest BCUT2D eigenvalue weighted by molar-refractivity contribution is 6.02. The van der Waals surface area contributed by atoms with Crippen LogP contribution in [-0.4, -0.2) is 37.2 Å². The van der Waals surface area contributed by atoms with E-state index in [0.717, 1.165) is 0 Å². The summed E-state index contributed by atoms with van der Waals surface area (Å²) >= 11 is 0. The lowest BCUT2D eigenvalue weighted by atomic mass is 10.2. The Morgan fingerprint density at radius 3 is 2.61 bits per heavy atom. The first-order valence-corrected chi connectivity index (χ1v) is 5.46. The van der Waals surface area contributed by atoms with Gasteiger partial charge in [-0.25, -0.2) is 0 Å². The molecule has 1 N–H and O–H groups in total. The number of hydrogen-bond donors (Lipinski definition) is 1. The summed E-state index contributed by atoms with van der Waals surface area (Å²) in [6, 6.07) is 5.05. The van der Waals surface area contributed by atoms with Gasteiger partial charge in [0.2, 0.25) is 5.91 Å². The standard InChI is InChI=1S/C12H13NO5/c1-13(11(14)7-12(15)16)8-2-3-9-10(6-8)18-5-4-17-9/h2-3,6H,4-5,7H2,1H3,(H,15,16). The van der Waals surface area contributed by atoms with Gasteiger partial charge in [0.05, 0.1) is 0 Å². The first-order chi connectivity index (χ1) is 8.58. The SMILES string of the molecule is CN(C(=O)CC(=O)O)c1ccc2c(c1)OCCO2. The molecule has 6 heteroatoms. The highest BCUT2D eigenvalue weighted by atomic mass is 16.6. The van der Waals surface area contributed by atoms with E-state index in [9.17, 15) is 9.59 Å². The summed E-state index contributed by atoms with van der Waals surface area (Å²) < 4.78 is 10.8. The van der Waals surface area contributed by atoms with Crippen LogP contribution in [0.15, 0.2) is 18.2 Å². The maximum atomic E-state index is 11.6. The van der Waals surface area contributed by atoms with Crippen molar-refractivity contribution in [2.45, 2.75) is 6.42 Å². The molecule has 0 atom stereocenters. The molecular weight excluding hydrogens is 238 g/mol. The number of anilines is 1. The molecule has 1 aliphatic rings. The molecule has 1 aliphatic heterocycles. The number of ether oxygens (including phenoxy) is 2. The molecule has 0 bridgehead atoms. The summed E-state index contributed by atoms with van der Waals surface area (Å²) in [6.45, 7) is 0.962. The van der Waals surface area contributed by atoms with E-state index < -0.39 is 18.3 Å². The molecule has 0 saturated heterocycles. The molecule has 1 aromatic carbocycles. The van der Waals surface area contributed by atoms with Crippen molar-refractivity contribution in [2.75, 3.05) is 25.2 Å². The third kappa shape index (κ3) is 2.53. The first kappa shape index (κ1) is 12.2. The fraction of sp³-hybridized carbons (Fsp3) is 0.333. The molecule has 0 aromatic heterocycles. The minimum absolute atomic E-state index is 0.462. The van der Waals surface area contributed by atoms with Gasteiger partial charge in [0.25, 0.3) is 0 Å². The zero-order valence-electron chi connectivity index (χ0n) is 9.88. The maximum Gasteiger partial charge on any atom is 0.312 e. The van der Waals surface area contributed by atoms with E-state index in [4.69, 9.17) is 14.6 Å². The average Bonchev–Trinajstić information content (AvgIpc) is 2.36. The number of carboxylic acid groups (broad SMARTS) is 1. The van der Waals surface area contributed by atoms with Crippen molar-refractivity contribution in [3.8, 4) is 11.5 Å². The predicted octanol–water partition coefficient (Wildman–Crippen LogP) is 0.895. The number of carbonyl (C=O) groups is 2. The maximum absolute atomic E-state index is 11.6. The van der Waals surface area contributed by atoms with Gasteiger partial charge in [-0.05, 0) is 12.1 Å². The molecule has 0 unspecified atom stereocenters. The van der Waals surface area contributed by atoms with E-state index in [1.165, 1.54) is 11.9 Å². The molecule has 0 radical (unpaired) electrons. The van der Waals surface area contributed by atoms with E-state index in [-0.39, 0.29) is 0 Å². The lowest BCUT2D eigenvalue weighted by Crippen LogP contribution is -2.28. The van der Waals surface area contributed by atoms with Gasteiger partial charge in [-0.15, -0.1) is 0 Å². The second-order valence-electron chi connectivity index (χ2n) is 3.85. The first-order valence-electron chi connectivity index (χ1n) is 5.46. The Labute approximate surface area is 104 Å². The molecule has 18 heavy (non-hydrogen) atoms. The second kappa shape index (κ2) is 4.95. The van der Waals surface area contributed by atoms with Crippen LogP contribution in [0.1, 0.15) is 6.42 Å². The van der Waals surface area contributed by atoms with Crippen LogP contribution in [0.5, 0.6) is 11.5 Å². The molecule has 1 amide bonds. The average molecular weight is 251 g/mol. The molecule has 0 spiro atoms. The Morgan fingerprint density at radius 1 is 1.28 bits per heavy atom. The highest BCUT2D eigenvalue weighted by Gasteiger charge is 2.18. The van der Waals surface area contributed by atoms with E-state index in [0.29, 0.717) is 30.4 Å². The van der Waals surface area contributed by atoms with Crippen LogP contribution in [0.25, 0.3) is 0 Å². The number of hydrogen-bond acceptors (Lipinski definition) is 4. The van der Waals surface area contributed by atoms with Gasteiger partial charge in [-0.2, -0.15) is 0 Å². The van der Waals surface area contributed by atoms with Crippen molar-refractivity contribution in [1.29, 1.82) is 0 Å². The molecule has 6 nitrogen and oxygen atoms in total. The van der Waals surface area contributed by atoms with Crippen molar-refractivity contribution in [3.05, 3.63) is 18.2 Å². The van der Waals surface area contributed by atoms with Gasteiger partial charge in [-0.3, -0.25) is 9.59 Å². The number of benzene rings is 1. The number of carboxylic acids is 1. The fourth-order valence-corrected chi connectivity index (χ4v) is 1.63. The predicted molar refractivity (Wildman–Crippen MR) is 63.1 cm³/mol. The van der Waals surface area contributed by atoms with E-state index in [2.05, 4.69) is 0 Å². The van der Waals surface area contributed by atoms with Gasteiger partial charge in [0.1, 0.15) is 19.6 Å². The molecule has 1 aromatic rings. The van der Waals surface area contributed by atoms with Gasteiger partial charge < -0.3 is 19.5 Å². The van der Waals surface area contributed by atoms with Crippen LogP contribution in [0.3, 0.4) is 0 Å². The van der Waals surface area contributed by atoms with Gasteiger partial charge in [0.15, 0.2) is 11.5 Å². The molecule has 0 aliphatic carbocycles. The normalized spacial score (nSPS) is 12.9. The fourth-order valence-electron chi connectivity index (χ4n) is 1.63. The monoisotopic (exact) mass is 251 g/mol. The van der Waals surface area contributed by atoms with Gasteiger partial charge in [0, 0.05) is 18.8 Å². The zero-order chi connectivity index (χ0) is 13.1.